The molecule has 0 bridgehead atoms. The number of carbonyl (C=O) groups is 1. The monoisotopic (exact) mass is 467 g/mol. The number of nitrogens with zero attached hydrogens (tertiary/aromatic N) is 7. The first-order valence-corrected chi connectivity index (χ1v) is 12.6. The van der Waals surface area contributed by atoms with Gasteiger partial charge in [-0.25, -0.2) is 4.98 Å². The van der Waals surface area contributed by atoms with E-state index in [4.69, 9.17) is 0 Å². The minimum atomic E-state index is 0.149. The molecule has 4 aromatic rings. The van der Waals surface area contributed by atoms with Crippen molar-refractivity contribution in [2.45, 2.75) is 25.5 Å². The maximum Gasteiger partial charge on any atom is 0.233 e. The summed E-state index contributed by atoms with van der Waals surface area (Å²) >= 11 is 3.06. The van der Waals surface area contributed by atoms with Crippen LogP contribution in [-0.2, 0) is 11.3 Å². The third-order valence-corrected chi connectivity index (χ3v) is 7.47. The molecular formula is C22H25N7OS2. The lowest BCUT2D eigenvalue weighted by Crippen LogP contribution is -2.49. The Morgan fingerprint density at radius 2 is 1.91 bits per heavy atom. The Balaban J connectivity index is 1.24. The third-order valence-electron chi connectivity index (χ3n) is 5.76. The average molecular weight is 468 g/mol. The Morgan fingerprint density at radius 1 is 1.12 bits per heavy atom. The summed E-state index contributed by atoms with van der Waals surface area (Å²) < 4.78 is 4.13. The second kappa shape index (κ2) is 8.95. The first kappa shape index (κ1) is 21.0. The summed E-state index contributed by atoms with van der Waals surface area (Å²) in [6.45, 7) is 7.99. The van der Waals surface area contributed by atoms with E-state index >= 15 is 0 Å². The van der Waals surface area contributed by atoms with Crippen LogP contribution in [0.5, 0.6) is 0 Å². The van der Waals surface area contributed by atoms with Gasteiger partial charge in [-0.1, -0.05) is 30.0 Å². The van der Waals surface area contributed by atoms with E-state index in [0.29, 0.717) is 5.75 Å². The summed E-state index contributed by atoms with van der Waals surface area (Å²) in [6.07, 6.45) is 2.01. The van der Waals surface area contributed by atoms with E-state index in [0.717, 1.165) is 60.1 Å². The van der Waals surface area contributed by atoms with Crippen LogP contribution in [0.25, 0.3) is 16.5 Å². The number of aromatic nitrogens is 5. The minimum Gasteiger partial charge on any atom is -0.368 e. The molecule has 0 radical (unpaired) electrons. The van der Waals surface area contributed by atoms with E-state index in [9.17, 15) is 4.79 Å². The first-order valence-electron chi connectivity index (χ1n) is 10.7. The number of imidazole rings is 1. The number of carbonyl (C=O) groups excluding carboxylic acids is 1. The zero-order valence-electron chi connectivity index (χ0n) is 18.1. The third kappa shape index (κ3) is 3.88. The zero-order chi connectivity index (χ0) is 22.1. The molecule has 0 spiro atoms. The van der Waals surface area contributed by atoms with E-state index in [-0.39, 0.29) is 5.91 Å². The fourth-order valence-corrected chi connectivity index (χ4v) is 5.75. The second-order valence-corrected chi connectivity index (χ2v) is 9.46. The number of hydrogen-bond acceptors (Lipinski definition) is 7. The van der Waals surface area contributed by atoms with Crippen molar-refractivity contribution in [1.29, 1.82) is 0 Å². The molecule has 0 unspecified atom stereocenters. The van der Waals surface area contributed by atoms with Crippen molar-refractivity contribution < 1.29 is 4.79 Å². The summed E-state index contributed by atoms with van der Waals surface area (Å²) in [7, 11) is 0. The van der Waals surface area contributed by atoms with Gasteiger partial charge in [-0.2, -0.15) is 0 Å². The van der Waals surface area contributed by atoms with Crippen LogP contribution >= 0.6 is 23.1 Å². The summed E-state index contributed by atoms with van der Waals surface area (Å²) in [5.74, 6) is 1.31. The lowest BCUT2D eigenvalue weighted by Gasteiger charge is -2.36. The molecule has 1 aliphatic heterocycles. The molecule has 1 amide bonds. The molecule has 32 heavy (non-hydrogen) atoms. The van der Waals surface area contributed by atoms with Crippen molar-refractivity contribution in [1.82, 2.24) is 29.0 Å². The highest BCUT2D eigenvalue weighted by molar-refractivity contribution is 7.99. The number of thioether (sulfide) groups is 1. The van der Waals surface area contributed by atoms with Gasteiger partial charge < -0.3 is 14.4 Å². The van der Waals surface area contributed by atoms with E-state index in [1.54, 1.807) is 11.3 Å². The van der Waals surface area contributed by atoms with Crippen LogP contribution in [0.2, 0.25) is 0 Å². The van der Waals surface area contributed by atoms with Crippen molar-refractivity contribution in [3.8, 4) is 11.5 Å². The number of fused-ring (bicyclic) bond motifs is 1. The molecular weight excluding hydrogens is 442 g/mol. The number of thiazole rings is 1. The first-order chi connectivity index (χ1) is 15.7. The van der Waals surface area contributed by atoms with Crippen LogP contribution in [0.15, 0.2) is 47.1 Å². The number of rotatable bonds is 6. The molecule has 0 N–H and O–H groups in total. The fraction of sp³-hybridized carbons (Fsp3) is 0.364. The molecule has 10 heteroatoms. The normalized spacial score (nSPS) is 14.4. The van der Waals surface area contributed by atoms with Crippen LogP contribution in [0.3, 0.4) is 0 Å². The maximum atomic E-state index is 12.9. The zero-order valence-corrected chi connectivity index (χ0v) is 19.8. The number of anilines is 1. The van der Waals surface area contributed by atoms with Gasteiger partial charge in [0, 0.05) is 50.0 Å². The van der Waals surface area contributed by atoms with Gasteiger partial charge >= 0.3 is 0 Å². The second-order valence-electron chi connectivity index (χ2n) is 7.64. The molecule has 8 nitrogen and oxygen atoms in total. The van der Waals surface area contributed by atoms with Crippen LogP contribution in [0, 0.1) is 6.92 Å². The minimum absolute atomic E-state index is 0.149. The standard InChI is InChI=1S/C22H25N7OS2/c1-3-28-20(19-16(2)23-21-29(19)13-14-31-21)24-25-22(28)32-15-18(30)27-11-9-26(10-12-27)17-7-5-4-6-8-17/h4-8,13-14H,3,9-12,15H2,1-2H3. The highest BCUT2D eigenvalue weighted by Crippen LogP contribution is 2.29. The summed E-state index contributed by atoms with van der Waals surface area (Å²) in [6, 6.07) is 10.4. The molecule has 0 atom stereocenters. The number of piperazine rings is 1. The Labute approximate surface area is 194 Å². The van der Waals surface area contributed by atoms with Crippen molar-refractivity contribution >= 4 is 39.7 Å². The van der Waals surface area contributed by atoms with Crippen molar-refractivity contribution in [3.63, 3.8) is 0 Å². The predicted molar refractivity (Wildman–Crippen MR) is 128 cm³/mol. The predicted octanol–water partition coefficient (Wildman–Crippen LogP) is 3.42. The van der Waals surface area contributed by atoms with Crippen molar-refractivity contribution in [3.05, 3.63) is 47.6 Å². The maximum absolute atomic E-state index is 12.9. The number of aryl methyl sites for hydroxylation is 1. The number of amides is 1. The van der Waals surface area contributed by atoms with Crippen LogP contribution in [-0.4, -0.2) is 66.9 Å². The van der Waals surface area contributed by atoms with Gasteiger partial charge in [0.1, 0.15) is 5.69 Å². The molecule has 4 heterocycles. The van der Waals surface area contributed by atoms with E-state index < -0.39 is 0 Å². The Bertz CT molecular complexity index is 1220. The van der Waals surface area contributed by atoms with Crippen molar-refractivity contribution in [2.24, 2.45) is 0 Å². The van der Waals surface area contributed by atoms with E-state index in [1.807, 2.05) is 29.5 Å². The highest BCUT2D eigenvalue weighted by Gasteiger charge is 2.24. The van der Waals surface area contributed by atoms with Gasteiger partial charge in [0.2, 0.25) is 5.91 Å². The van der Waals surface area contributed by atoms with E-state index in [2.05, 4.69) is 60.2 Å². The fourth-order valence-electron chi connectivity index (χ4n) is 4.09. The Kier molecular flexibility index (Phi) is 5.88. The van der Waals surface area contributed by atoms with Gasteiger partial charge in [0.25, 0.3) is 0 Å². The molecule has 1 saturated heterocycles. The topological polar surface area (TPSA) is 71.6 Å². The van der Waals surface area contributed by atoms with Gasteiger partial charge in [-0.15, -0.1) is 21.5 Å². The Hall–Kier alpha value is -2.85. The summed E-state index contributed by atoms with van der Waals surface area (Å²) in [5, 5.41) is 11.6. The van der Waals surface area contributed by atoms with Crippen LogP contribution < -0.4 is 4.90 Å². The SMILES string of the molecule is CCn1c(SCC(=O)N2CCN(c3ccccc3)CC2)nnc1-c1c(C)nc2sccn12. The lowest BCUT2D eigenvalue weighted by molar-refractivity contribution is -0.128. The largest absolute Gasteiger partial charge is 0.368 e. The van der Waals surface area contributed by atoms with Crippen molar-refractivity contribution in [2.75, 3.05) is 36.8 Å². The van der Waals surface area contributed by atoms with Gasteiger partial charge in [-0.3, -0.25) is 9.20 Å². The number of benzene rings is 1. The molecule has 0 aliphatic carbocycles. The number of hydrogen-bond donors (Lipinski definition) is 0. The smallest absolute Gasteiger partial charge is 0.233 e. The molecule has 1 aliphatic rings. The quantitative estimate of drug-likeness (QED) is 0.405. The molecule has 0 saturated carbocycles. The Morgan fingerprint density at radius 3 is 2.66 bits per heavy atom. The summed E-state index contributed by atoms with van der Waals surface area (Å²) in [5.41, 5.74) is 3.11. The molecule has 1 aromatic carbocycles. The van der Waals surface area contributed by atoms with Crippen LogP contribution in [0.1, 0.15) is 12.6 Å². The highest BCUT2D eigenvalue weighted by atomic mass is 32.2. The molecule has 3 aromatic heterocycles. The lowest BCUT2D eigenvalue weighted by atomic mass is 10.2. The average Bonchev–Trinajstić information content (AvgIpc) is 3.52. The van der Waals surface area contributed by atoms with E-state index in [1.165, 1.54) is 17.4 Å². The van der Waals surface area contributed by atoms with Gasteiger partial charge in [0.05, 0.1) is 11.4 Å². The number of para-hydroxylation sites is 1. The van der Waals surface area contributed by atoms with Gasteiger partial charge in [0.15, 0.2) is 15.9 Å². The molecule has 1 fully saturated rings. The van der Waals surface area contributed by atoms with Crippen LogP contribution in [0.4, 0.5) is 5.69 Å². The molecule has 166 valence electrons. The molecule has 5 rings (SSSR count). The summed E-state index contributed by atoms with van der Waals surface area (Å²) in [4.78, 5) is 22.7. The van der Waals surface area contributed by atoms with Gasteiger partial charge in [-0.05, 0) is 26.0 Å².